The molecule has 0 amide bonds. The lowest BCUT2D eigenvalue weighted by Crippen LogP contribution is -2.48. The van der Waals surface area contributed by atoms with Crippen molar-refractivity contribution < 1.29 is 13.2 Å². The molecule has 2 heterocycles. The van der Waals surface area contributed by atoms with Gasteiger partial charge in [-0.25, -0.2) is 0 Å². The van der Waals surface area contributed by atoms with Crippen molar-refractivity contribution in [3.63, 3.8) is 0 Å². The van der Waals surface area contributed by atoms with Gasteiger partial charge in [0.15, 0.2) is 0 Å². The van der Waals surface area contributed by atoms with Crippen molar-refractivity contribution in [2.75, 3.05) is 6.54 Å². The molecule has 0 aromatic rings. The molecule has 0 aliphatic carbocycles. The van der Waals surface area contributed by atoms with Crippen molar-refractivity contribution in [1.82, 2.24) is 4.90 Å². The van der Waals surface area contributed by atoms with Gasteiger partial charge in [-0.3, -0.25) is 4.90 Å². The van der Waals surface area contributed by atoms with Crippen molar-refractivity contribution >= 4 is 0 Å². The molecule has 0 N–H and O–H groups in total. The number of piperidine rings is 1. The van der Waals surface area contributed by atoms with E-state index < -0.39 is 12.7 Å². The summed E-state index contributed by atoms with van der Waals surface area (Å²) in [6.07, 6.45) is -0.187. The third-order valence-corrected chi connectivity index (χ3v) is 4.23. The Bertz CT molecular complexity index is 235. The van der Waals surface area contributed by atoms with Crippen molar-refractivity contribution in [3.8, 4) is 0 Å². The summed E-state index contributed by atoms with van der Waals surface area (Å²) in [6, 6.07) is 0.376. The largest absolute Gasteiger partial charge is 0.401 e. The average molecular weight is 235 g/mol. The molecule has 2 unspecified atom stereocenters. The second-order valence-corrected chi connectivity index (χ2v) is 5.65. The van der Waals surface area contributed by atoms with Crippen molar-refractivity contribution in [3.05, 3.63) is 0 Å². The molecule has 1 nitrogen and oxygen atoms in total. The third-order valence-electron chi connectivity index (χ3n) is 4.23. The fourth-order valence-corrected chi connectivity index (χ4v) is 3.33. The third kappa shape index (κ3) is 2.53. The standard InChI is InChI=1S/C12H20F3N/c1-8(2)9-5-10-3-4-11(6-9)16(10)7-12(13,14)15/h8-11H,3-7H2,1-2H3. The maximum absolute atomic E-state index is 12.4. The Morgan fingerprint density at radius 3 is 2.00 bits per heavy atom. The zero-order valence-electron chi connectivity index (χ0n) is 9.93. The van der Waals surface area contributed by atoms with Crippen LogP contribution >= 0.6 is 0 Å². The van der Waals surface area contributed by atoms with Gasteiger partial charge < -0.3 is 0 Å². The van der Waals surface area contributed by atoms with E-state index in [-0.39, 0.29) is 12.1 Å². The molecule has 2 aliphatic heterocycles. The summed E-state index contributed by atoms with van der Waals surface area (Å²) >= 11 is 0. The fourth-order valence-electron chi connectivity index (χ4n) is 3.33. The lowest BCUT2D eigenvalue weighted by molar-refractivity contribution is -0.157. The van der Waals surface area contributed by atoms with E-state index in [4.69, 9.17) is 0 Å². The second kappa shape index (κ2) is 4.21. The van der Waals surface area contributed by atoms with Gasteiger partial charge in [-0.15, -0.1) is 0 Å². The van der Waals surface area contributed by atoms with Crippen LogP contribution in [0.3, 0.4) is 0 Å². The first kappa shape index (κ1) is 12.2. The lowest BCUT2D eigenvalue weighted by Gasteiger charge is -2.40. The van der Waals surface area contributed by atoms with Crippen LogP contribution in [0.4, 0.5) is 13.2 Å². The number of fused-ring (bicyclic) bond motifs is 2. The zero-order chi connectivity index (χ0) is 11.9. The highest BCUT2D eigenvalue weighted by Crippen LogP contribution is 2.42. The number of hydrogen-bond donors (Lipinski definition) is 0. The number of nitrogens with zero attached hydrogens (tertiary/aromatic N) is 1. The fraction of sp³-hybridized carbons (Fsp3) is 1.00. The van der Waals surface area contributed by atoms with Gasteiger partial charge in [0.1, 0.15) is 0 Å². The molecule has 2 aliphatic rings. The molecule has 16 heavy (non-hydrogen) atoms. The van der Waals surface area contributed by atoms with Crippen LogP contribution in [0, 0.1) is 11.8 Å². The summed E-state index contributed by atoms with van der Waals surface area (Å²) in [4.78, 5) is 1.71. The molecule has 0 saturated carbocycles. The minimum Gasteiger partial charge on any atom is -0.289 e. The molecule has 0 spiro atoms. The molecule has 2 fully saturated rings. The monoisotopic (exact) mass is 235 g/mol. The lowest BCUT2D eigenvalue weighted by atomic mass is 9.82. The highest BCUT2D eigenvalue weighted by molar-refractivity contribution is 4.96. The van der Waals surface area contributed by atoms with Crippen LogP contribution in [-0.4, -0.2) is 29.7 Å². The van der Waals surface area contributed by atoms with Crippen molar-refractivity contribution in [2.45, 2.75) is 57.8 Å². The predicted molar refractivity (Wildman–Crippen MR) is 57.1 cm³/mol. The van der Waals surface area contributed by atoms with Crippen LogP contribution in [0.2, 0.25) is 0 Å². The summed E-state index contributed by atoms with van der Waals surface area (Å²) in [5.41, 5.74) is 0. The second-order valence-electron chi connectivity index (χ2n) is 5.65. The summed E-state index contributed by atoms with van der Waals surface area (Å²) in [5.74, 6) is 1.23. The van der Waals surface area contributed by atoms with Gasteiger partial charge in [0.2, 0.25) is 0 Å². The van der Waals surface area contributed by atoms with E-state index in [0.717, 1.165) is 25.7 Å². The Morgan fingerprint density at radius 2 is 1.62 bits per heavy atom. The van der Waals surface area contributed by atoms with E-state index in [9.17, 15) is 13.2 Å². The Kier molecular flexibility index (Phi) is 3.21. The van der Waals surface area contributed by atoms with E-state index in [0.29, 0.717) is 11.8 Å². The number of alkyl halides is 3. The minimum absolute atomic E-state index is 0.188. The van der Waals surface area contributed by atoms with E-state index in [1.165, 1.54) is 0 Å². The first-order valence-electron chi connectivity index (χ1n) is 6.19. The molecule has 0 radical (unpaired) electrons. The molecule has 0 aromatic carbocycles. The molecule has 0 aromatic heterocycles. The maximum atomic E-state index is 12.4. The van der Waals surface area contributed by atoms with Gasteiger partial charge in [0, 0.05) is 12.1 Å². The van der Waals surface area contributed by atoms with E-state index in [1.807, 2.05) is 0 Å². The molecule has 4 heteroatoms. The highest BCUT2D eigenvalue weighted by atomic mass is 19.4. The minimum atomic E-state index is -4.04. The first-order valence-corrected chi connectivity index (χ1v) is 6.19. The Labute approximate surface area is 95.0 Å². The molecule has 94 valence electrons. The Hall–Kier alpha value is -0.250. The summed E-state index contributed by atoms with van der Waals surface area (Å²) in [6.45, 7) is 3.67. The topological polar surface area (TPSA) is 3.24 Å². The smallest absolute Gasteiger partial charge is 0.289 e. The van der Waals surface area contributed by atoms with Gasteiger partial charge in [-0.05, 0) is 37.5 Å². The molecule has 2 saturated heterocycles. The summed E-state index contributed by atoms with van der Waals surface area (Å²) in [7, 11) is 0. The van der Waals surface area contributed by atoms with E-state index in [1.54, 1.807) is 4.90 Å². The van der Waals surface area contributed by atoms with Gasteiger partial charge in [-0.1, -0.05) is 13.8 Å². The van der Waals surface area contributed by atoms with Crippen molar-refractivity contribution in [1.29, 1.82) is 0 Å². The van der Waals surface area contributed by atoms with Gasteiger partial charge in [0.25, 0.3) is 0 Å². The highest BCUT2D eigenvalue weighted by Gasteiger charge is 2.45. The van der Waals surface area contributed by atoms with Gasteiger partial charge in [-0.2, -0.15) is 13.2 Å². The Morgan fingerprint density at radius 1 is 1.12 bits per heavy atom. The molecule has 2 rings (SSSR count). The van der Waals surface area contributed by atoms with E-state index >= 15 is 0 Å². The molecular weight excluding hydrogens is 215 g/mol. The van der Waals surface area contributed by atoms with Crippen LogP contribution in [-0.2, 0) is 0 Å². The summed E-state index contributed by atoms with van der Waals surface area (Å²) < 4.78 is 37.3. The Balaban J connectivity index is 2.00. The van der Waals surface area contributed by atoms with Gasteiger partial charge >= 0.3 is 6.18 Å². The van der Waals surface area contributed by atoms with Crippen molar-refractivity contribution in [2.24, 2.45) is 11.8 Å². The normalized spacial score (nSPS) is 36.0. The van der Waals surface area contributed by atoms with Crippen LogP contribution < -0.4 is 0 Å². The quantitative estimate of drug-likeness (QED) is 0.708. The maximum Gasteiger partial charge on any atom is 0.401 e. The summed E-state index contributed by atoms with van der Waals surface area (Å²) in [5, 5.41) is 0. The molecular formula is C12H20F3N. The van der Waals surface area contributed by atoms with E-state index in [2.05, 4.69) is 13.8 Å². The van der Waals surface area contributed by atoms with Crippen LogP contribution in [0.1, 0.15) is 39.5 Å². The van der Waals surface area contributed by atoms with Gasteiger partial charge in [0.05, 0.1) is 6.54 Å². The van der Waals surface area contributed by atoms with Crippen LogP contribution in [0.5, 0.6) is 0 Å². The molecule has 2 atom stereocenters. The van der Waals surface area contributed by atoms with Crippen LogP contribution in [0.25, 0.3) is 0 Å². The number of rotatable bonds is 2. The first-order chi connectivity index (χ1) is 7.37. The average Bonchev–Trinajstić information content (AvgIpc) is 2.39. The SMILES string of the molecule is CC(C)C1CC2CCC(C1)N2CC(F)(F)F. The molecule has 2 bridgehead atoms. The zero-order valence-corrected chi connectivity index (χ0v) is 9.93. The van der Waals surface area contributed by atoms with Crippen LogP contribution in [0.15, 0.2) is 0 Å². The number of halogens is 3. The predicted octanol–water partition coefficient (Wildman–Crippen LogP) is 3.45. The number of hydrogen-bond acceptors (Lipinski definition) is 1.